The number of alkyl halides is 2. The second-order valence-corrected chi connectivity index (χ2v) is 13.5. The first kappa shape index (κ1) is 31.0. The van der Waals surface area contributed by atoms with E-state index in [9.17, 15) is 22.6 Å². The van der Waals surface area contributed by atoms with E-state index in [4.69, 9.17) is 4.74 Å². The van der Waals surface area contributed by atoms with Crippen LogP contribution in [0.5, 0.6) is 0 Å². The Morgan fingerprint density at radius 2 is 1.86 bits per heavy atom. The lowest BCUT2D eigenvalue weighted by Crippen LogP contribution is -2.30. The molecule has 0 aliphatic carbocycles. The molecule has 1 unspecified atom stereocenters. The van der Waals surface area contributed by atoms with Crippen molar-refractivity contribution in [1.82, 2.24) is 9.97 Å². The lowest BCUT2D eigenvalue weighted by Gasteiger charge is -2.26. The van der Waals surface area contributed by atoms with Crippen molar-refractivity contribution in [2.75, 3.05) is 29.6 Å². The van der Waals surface area contributed by atoms with Crippen LogP contribution in [-0.2, 0) is 14.5 Å². The van der Waals surface area contributed by atoms with E-state index >= 15 is 0 Å². The van der Waals surface area contributed by atoms with Crippen molar-refractivity contribution in [1.29, 1.82) is 0 Å². The summed E-state index contributed by atoms with van der Waals surface area (Å²) >= 11 is 0. The zero-order chi connectivity index (χ0) is 30.7. The summed E-state index contributed by atoms with van der Waals surface area (Å²) in [6, 6.07) is 11.6. The Kier molecular flexibility index (Phi) is 8.95. The number of benzene rings is 1. The molecule has 1 aliphatic rings. The number of hydrogen-bond donors (Lipinski definition) is 1. The molecule has 0 radical (unpaired) electrons. The Morgan fingerprint density at radius 3 is 2.55 bits per heavy atom. The third-order valence-electron chi connectivity index (χ3n) is 6.68. The molecule has 12 heteroatoms. The highest BCUT2D eigenvalue weighted by atomic mass is 32.2. The van der Waals surface area contributed by atoms with Crippen LogP contribution in [0.15, 0.2) is 64.1 Å². The number of amides is 2. The number of nitrogens with zero attached hydrogens (tertiary/aromatic N) is 4. The Balaban J connectivity index is 1.71. The van der Waals surface area contributed by atoms with E-state index in [2.05, 4.69) is 19.6 Å². The molecule has 2 aromatic heterocycles. The topological polar surface area (TPSA) is 114 Å². The van der Waals surface area contributed by atoms with E-state index in [-0.39, 0.29) is 36.3 Å². The summed E-state index contributed by atoms with van der Waals surface area (Å²) in [5.74, 6) is -3.00. The van der Waals surface area contributed by atoms with E-state index in [0.29, 0.717) is 34.9 Å². The van der Waals surface area contributed by atoms with Crippen molar-refractivity contribution in [2.24, 2.45) is 4.36 Å². The molecule has 4 rings (SSSR count). The quantitative estimate of drug-likeness (QED) is 0.346. The van der Waals surface area contributed by atoms with Gasteiger partial charge in [0.05, 0.1) is 21.0 Å². The van der Waals surface area contributed by atoms with Gasteiger partial charge in [-0.05, 0) is 70.0 Å². The zero-order valence-electron chi connectivity index (χ0n) is 24.3. The maximum absolute atomic E-state index is 14.2. The van der Waals surface area contributed by atoms with E-state index in [1.165, 1.54) is 12.3 Å². The number of nitrogens with one attached hydrogen (secondary N) is 1. The molecule has 1 aromatic carbocycles. The highest BCUT2D eigenvalue weighted by molar-refractivity contribution is 7.93. The van der Waals surface area contributed by atoms with Crippen molar-refractivity contribution in [3.63, 3.8) is 0 Å². The normalized spacial score (nSPS) is 16.6. The molecule has 3 aromatic rings. The van der Waals surface area contributed by atoms with E-state index in [1.54, 1.807) is 75.3 Å². The van der Waals surface area contributed by atoms with Gasteiger partial charge in [-0.2, -0.15) is 0 Å². The maximum Gasteiger partial charge on any atom is 0.442 e. The third kappa shape index (κ3) is 7.67. The zero-order valence-corrected chi connectivity index (χ0v) is 25.1. The predicted octanol–water partition coefficient (Wildman–Crippen LogP) is 6.72. The van der Waals surface area contributed by atoms with Gasteiger partial charge in [-0.1, -0.05) is 12.1 Å². The third-order valence-corrected chi connectivity index (χ3v) is 8.30. The SMILES string of the molecule is Cc1c(-c2ccccn2)cnc(N2CCCC(F)(F)CC2)c1C(=O)Nc1cccc(S(C)(=O)=NC(=O)OC(C)(C)C)c1. The minimum absolute atomic E-state index is 0.0439. The minimum atomic E-state index is -3.20. The molecular weight excluding hydrogens is 564 g/mol. The summed E-state index contributed by atoms with van der Waals surface area (Å²) in [5, 5.41) is 2.84. The van der Waals surface area contributed by atoms with Crippen LogP contribution in [0.25, 0.3) is 11.3 Å². The highest BCUT2D eigenvalue weighted by Gasteiger charge is 2.34. The number of anilines is 2. The van der Waals surface area contributed by atoms with Crippen LogP contribution in [0.1, 0.15) is 56.0 Å². The number of pyridine rings is 2. The number of aromatic nitrogens is 2. The van der Waals surface area contributed by atoms with Gasteiger partial charge in [-0.15, -0.1) is 4.36 Å². The summed E-state index contributed by atoms with van der Waals surface area (Å²) in [6.45, 7) is 7.18. The number of ether oxygens (including phenoxy) is 1. The molecule has 42 heavy (non-hydrogen) atoms. The summed E-state index contributed by atoms with van der Waals surface area (Å²) in [6.07, 6.45) is 3.29. The van der Waals surface area contributed by atoms with Crippen LogP contribution in [-0.4, -0.2) is 57.0 Å². The standard InChI is InChI=1S/C30H35F2N5O4S/c1-20-23(24-12-6-7-15-33-24)19-34-26(37-16-9-13-30(31,32)14-17-37)25(20)27(38)35-21-10-8-11-22(18-21)42(5,40)36-28(39)41-29(2,3)4/h6-8,10-12,15,18-19H,9,13-14,16-17H2,1-5H3,(H,35,38). The maximum atomic E-state index is 14.2. The molecule has 0 saturated carbocycles. The van der Waals surface area contributed by atoms with Gasteiger partial charge in [-0.3, -0.25) is 9.78 Å². The number of hydrogen-bond acceptors (Lipinski definition) is 7. The van der Waals surface area contributed by atoms with Crippen LogP contribution in [0, 0.1) is 6.92 Å². The van der Waals surface area contributed by atoms with Crippen LogP contribution in [0.3, 0.4) is 0 Å². The van der Waals surface area contributed by atoms with Gasteiger partial charge in [0.2, 0.25) is 5.92 Å². The van der Waals surface area contributed by atoms with Crippen LogP contribution in [0.2, 0.25) is 0 Å². The van der Waals surface area contributed by atoms with Crippen molar-refractivity contribution < 1.29 is 27.3 Å². The average Bonchev–Trinajstić information content (AvgIpc) is 3.07. The first-order valence-electron chi connectivity index (χ1n) is 13.6. The second-order valence-electron chi connectivity index (χ2n) is 11.3. The van der Waals surface area contributed by atoms with Gasteiger partial charge in [0.1, 0.15) is 11.4 Å². The second kappa shape index (κ2) is 12.1. The molecule has 1 atom stereocenters. The van der Waals surface area contributed by atoms with Gasteiger partial charge < -0.3 is 15.0 Å². The first-order valence-corrected chi connectivity index (χ1v) is 15.5. The van der Waals surface area contributed by atoms with Gasteiger partial charge >= 0.3 is 6.09 Å². The number of carbonyl (C=O) groups excluding carboxylic acids is 2. The molecule has 1 aliphatic heterocycles. The Bertz CT molecular complexity index is 1600. The first-order chi connectivity index (χ1) is 19.7. The van der Waals surface area contributed by atoms with Gasteiger partial charge in [-0.25, -0.2) is 22.8 Å². The molecule has 9 nitrogen and oxygen atoms in total. The lowest BCUT2D eigenvalue weighted by atomic mass is 10.0. The fourth-order valence-electron chi connectivity index (χ4n) is 4.64. The molecule has 0 bridgehead atoms. The number of rotatable bonds is 5. The van der Waals surface area contributed by atoms with E-state index in [0.717, 1.165) is 0 Å². The molecular formula is C30H35F2N5O4S. The number of carbonyl (C=O) groups is 2. The lowest BCUT2D eigenvalue weighted by molar-refractivity contribution is -0.0102. The Hall–Kier alpha value is -3.93. The van der Waals surface area contributed by atoms with Crippen molar-refractivity contribution in [2.45, 2.75) is 63.4 Å². The molecule has 1 saturated heterocycles. The van der Waals surface area contributed by atoms with E-state index in [1.807, 2.05) is 6.07 Å². The summed E-state index contributed by atoms with van der Waals surface area (Å²) in [4.78, 5) is 37.0. The van der Waals surface area contributed by atoms with Gasteiger partial charge in [0, 0.05) is 60.7 Å². The smallest absolute Gasteiger partial charge is 0.442 e. The van der Waals surface area contributed by atoms with Gasteiger partial charge in [0.25, 0.3) is 5.91 Å². The molecule has 1 N–H and O–H groups in total. The Labute approximate surface area is 244 Å². The molecule has 2 amide bonds. The fraction of sp³-hybridized carbons (Fsp3) is 0.400. The fourth-order valence-corrected chi connectivity index (χ4v) is 5.74. The molecule has 1 fully saturated rings. The monoisotopic (exact) mass is 599 g/mol. The van der Waals surface area contributed by atoms with Crippen LogP contribution < -0.4 is 10.2 Å². The van der Waals surface area contributed by atoms with Crippen molar-refractivity contribution in [3.8, 4) is 11.3 Å². The Morgan fingerprint density at radius 1 is 1.10 bits per heavy atom. The summed E-state index contributed by atoms with van der Waals surface area (Å²) in [7, 11) is -3.20. The van der Waals surface area contributed by atoms with Crippen molar-refractivity contribution >= 4 is 33.2 Å². The van der Waals surface area contributed by atoms with Crippen LogP contribution in [0.4, 0.5) is 25.1 Å². The minimum Gasteiger partial charge on any atom is -0.442 e. The summed E-state index contributed by atoms with van der Waals surface area (Å²) in [5.41, 5.74) is 1.56. The predicted molar refractivity (Wildman–Crippen MR) is 159 cm³/mol. The largest absolute Gasteiger partial charge is 0.442 e. The van der Waals surface area contributed by atoms with E-state index < -0.39 is 33.3 Å². The number of halogens is 2. The molecule has 224 valence electrons. The van der Waals surface area contributed by atoms with Crippen molar-refractivity contribution in [3.05, 3.63) is 66.0 Å². The summed E-state index contributed by atoms with van der Waals surface area (Å²) < 4.78 is 50.6. The van der Waals surface area contributed by atoms with Crippen LogP contribution >= 0.6 is 0 Å². The highest BCUT2D eigenvalue weighted by Crippen LogP contribution is 2.34. The molecule has 3 heterocycles. The molecule has 0 spiro atoms. The van der Waals surface area contributed by atoms with Gasteiger partial charge in [0.15, 0.2) is 0 Å². The average molecular weight is 600 g/mol.